The third-order valence-corrected chi connectivity index (χ3v) is 5.03. The molecule has 1 atom stereocenters. The lowest BCUT2D eigenvalue weighted by Crippen LogP contribution is -2.33. The van der Waals surface area contributed by atoms with E-state index >= 15 is 0 Å². The molecule has 1 aromatic rings. The Morgan fingerprint density at radius 2 is 1.89 bits per heavy atom. The Bertz CT molecular complexity index is 415. The molecule has 3 rings (SSSR count). The summed E-state index contributed by atoms with van der Waals surface area (Å²) < 4.78 is 1.13. The summed E-state index contributed by atoms with van der Waals surface area (Å²) in [4.78, 5) is 0. The van der Waals surface area contributed by atoms with Crippen LogP contribution in [0.2, 0.25) is 0 Å². The van der Waals surface area contributed by atoms with Crippen molar-refractivity contribution in [2.24, 2.45) is 23.5 Å². The van der Waals surface area contributed by atoms with Crippen LogP contribution in [-0.2, 0) is 0 Å². The van der Waals surface area contributed by atoms with Crippen LogP contribution in [-0.4, -0.2) is 13.1 Å². The highest BCUT2D eigenvalue weighted by atomic mass is 79.9. The van der Waals surface area contributed by atoms with Gasteiger partial charge in [0, 0.05) is 17.1 Å². The molecule has 2 nitrogen and oxygen atoms in total. The zero-order chi connectivity index (χ0) is 13.2. The van der Waals surface area contributed by atoms with Crippen molar-refractivity contribution in [1.29, 1.82) is 0 Å². The van der Waals surface area contributed by atoms with Crippen molar-refractivity contribution in [3.8, 4) is 0 Å². The van der Waals surface area contributed by atoms with Crippen molar-refractivity contribution < 1.29 is 0 Å². The topological polar surface area (TPSA) is 38.0 Å². The molecule has 2 aliphatic carbocycles. The smallest absolute Gasteiger partial charge is 0.0445 e. The number of hydrogen-bond donors (Lipinski definition) is 2. The third kappa shape index (κ3) is 3.59. The highest BCUT2D eigenvalue weighted by Crippen LogP contribution is 2.48. The predicted octanol–water partition coefficient (Wildman–Crippen LogP) is 3.47. The van der Waals surface area contributed by atoms with Gasteiger partial charge in [0.05, 0.1) is 0 Å². The van der Waals surface area contributed by atoms with Crippen molar-refractivity contribution in [1.82, 2.24) is 5.32 Å². The van der Waals surface area contributed by atoms with Crippen molar-refractivity contribution in [2.75, 3.05) is 13.1 Å². The van der Waals surface area contributed by atoms with Crippen molar-refractivity contribution in [3.63, 3.8) is 0 Å². The Balaban J connectivity index is 1.59. The van der Waals surface area contributed by atoms with Crippen molar-refractivity contribution in [3.05, 3.63) is 34.3 Å². The van der Waals surface area contributed by atoms with Gasteiger partial charge in [-0.1, -0.05) is 28.1 Å². The summed E-state index contributed by atoms with van der Waals surface area (Å²) in [6, 6.07) is 8.78. The van der Waals surface area contributed by atoms with E-state index in [1.165, 1.54) is 31.2 Å². The van der Waals surface area contributed by atoms with E-state index in [4.69, 9.17) is 5.73 Å². The average Bonchev–Trinajstić information content (AvgIpc) is 3.28. The van der Waals surface area contributed by atoms with Gasteiger partial charge in [0.25, 0.3) is 0 Å². The van der Waals surface area contributed by atoms with Gasteiger partial charge >= 0.3 is 0 Å². The Kier molecular flexibility index (Phi) is 4.25. The number of nitrogens with two attached hydrogens (primary N) is 1. The standard InChI is InChI=1S/C16H23BrN2/c17-14-3-1-2-13(8-14)16(9-18)19-10-15(11-4-5-11)12-6-7-12/h1-3,8,11-12,15-16,19H,4-7,9-10,18H2. The van der Waals surface area contributed by atoms with Gasteiger partial charge < -0.3 is 11.1 Å². The highest BCUT2D eigenvalue weighted by Gasteiger charge is 2.41. The van der Waals surface area contributed by atoms with Gasteiger partial charge in [-0.3, -0.25) is 0 Å². The van der Waals surface area contributed by atoms with Gasteiger partial charge in [-0.2, -0.15) is 0 Å². The lowest BCUT2D eigenvalue weighted by atomic mass is 9.97. The number of benzene rings is 1. The maximum atomic E-state index is 5.95. The van der Waals surface area contributed by atoms with Crippen LogP contribution in [0.25, 0.3) is 0 Å². The second kappa shape index (κ2) is 5.94. The van der Waals surface area contributed by atoms with Crippen LogP contribution < -0.4 is 11.1 Å². The third-order valence-electron chi connectivity index (χ3n) is 4.54. The van der Waals surface area contributed by atoms with E-state index in [1.54, 1.807) is 0 Å². The van der Waals surface area contributed by atoms with Crippen LogP contribution >= 0.6 is 15.9 Å². The van der Waals surface area contributed by atoms with Crippen LogP contribution in [0.15, 0.2) is 28.7 Å². The predicted molar refractivity (Wildman–Crippen MR) is 82.9 cm³/mol. The van der Waals surface area contributed by atoms with Gasteiger partial charge in [-0.25, -0.2) is 0 Å². The fourth-order valence-electron chi connectivity index (χ4n) is 3.11. The molecule has 19 heavy (non-hydrogen) atoms. The van der Waals surface area contributed by atoms with Gasteiger partial charge in [-0.15, -0.1) is 0 Å². The van der Waals surface area contributed by atoms with E-state index in [0.717, 1.165) is 28.8 Å². The molecule has 1 aromatic carbocycles. The monoisotopic (exact) mass is 322 g/mol. The van der Waals surface area contributed by atoms with Crippen LogP contribution in [0.3, 0.4) is 0 Å². The SMILES string of the molecule is NCC(NCC(C1CC1)C1CC1)c1cccc(Br)c1. The summed E-state index contributed by atoms with van der Waals surface area (Å²) in [5.41, 5.74) is 7.24. The molecule has 2 saturated carbocycles. The molecule has 0 heterocycles. The lowest BCUT2D eigenvalue weighted by molar-refractivity contribution is 0.357. The summed E-state index contributed by atoms with van der Waals surface area (Å²) in [5, 5.41) is 3.71. The molecule has 0 aliphatic heterocycles. The van der Waals surface area contributed by atoms with Crippen LogP contribution in [0, 0.1) is 17.8 Å². The molecule has 1 unspecified atom stereocenters. The fraction of sp³-hybridized carbons (Fsp3) is 0.625. The molecule has 0 saturated heterocycles. The van der Waals surface area contributed by atoms with Crippen LogP contribution in [0.5, 0.6) is 0 Å². The molecule has 0 bridgehead atoms. The van der Waals surface area contributed by atoms with Crippen molar-refractivity contribution in [2.45, 2.75) is 31.7 Å². The summed E-state index contributed by atoms with van der Waals surface area (Å²) in [7, 11) is 0. The van der Waals surface area contributed by atoms with E-state index in [0.29, 0.717) is 6.54 Å². The van der Waals surface area contributed by atoms with Gasteiger partial charge in [0.15, 0.2) is 0 Å². The minimum Gasteiger partial charge on any atom is -0.329 e. The number of nitrogens with one attached hydrogen (secondary N) is 1. The first-order chi connectivity index (χ1) is 9.28. The maximum absolute atomic E-state index is 5.95. The Morgan fingerprint density at radius 3 is 2.42 bits per heavy atom. The first kappa shape index (κ1) is 13.6. The quantitative estimate of drug-likeness (QED) is 0.806. The number of hydrogen-bond acceptors (Lipinski definition) is 2. The zero-order valence-corrected chi connectivity index (χ0v) is 12.9. The second-order valence-corrected chi connectivity index (χ2v) is 7.01. The summed E-state index contributed by atoms with van der Waals surface area (Å²) in [6.07, 6.45) is 5.81. The lowest BCUT2D eigenvalue weighted by Gasteiger charge is -2.22. The molecule has 0 radical (unpaired) electrons. The van der Waals surface area contributed by atoms with E-state index in [1.807, 2.05) is 0 Å². The Labute approximate surface area is 124 Å². The summed E-state index contributed by atoms with van der Waals surface area (Å²) in [6.45, 7) is 1.81. The van der Waals surface area contributed by atoms with Gasteiger partial charge in [-0.05, 0) is 67.7 Å². The maximum Gasteiger partial charge on any atom is 0.0445 e. The molecule has 3 N–H and O–H groups in total. The van der Waals surface area contributed by atoms with Crippen LogP contribution in [0.1, 0.15) is 37.3 Å². The molecule has 0 amide bonds. The fourth-order valence-corrected chi connectivity index (χ4v) is 3.52. The Morgan fingerprint density at radius 1 is 1.21 bits per heavy atom. The molecular formula is C16H23BrN2. The summed E-state index contributed by atoms with van der Waals surface area (Å²) >= 11 is 3.54. The molecule has 3 heteroatoms. The van der Waals surface area contributed by atoms with Gasteiger partial charge in [0.1, 0.15) is 0 Å². The molecular weight excluding hydrogens is 300 g/mol. The van der Waals surface area contributed by atoms with E-state index in [-0.39, 0.29) is 6.04 Å². The van der Waals surface area contributed by atoms with Crippen molar-refractivity contribution >= 4 is 15.9 Å². The zero-order valence-electron chi connectivity index (χ0n) is 11.3. The Hall–Kier alpha value is -0.380. The van der Waals surface area contributed by atoms with Gasteiger partial charge in [0.2, 0.25) is 0 Å². The number of halogens is 1. The normalized spacial score (nSPS) is 20.8. The first-order valence-corrected chi connectivity index (χ1v) is 8.26. The van der Waals surface area contributed by atoms with Crippen LogP contribution in [0.4, 0.5) is 0 Å². The second-order valence-electron chi connectivity index (χ2n) is 6.09. The van der Waals surface area contributed by atoms with E-state index in [2.05, 4.69) is 45.5 Å². The molecule has 2 fully saturated rings. The molecule has 0 spiro atoms. The number of rotatable bonds is 7. The first-order valence-electron chi connectivity index (χ1n) is 7.47. The molecule has 2 aliphatic rings. The highest BCUT2D eigenvalue weighted by molar-refractivity contribution is 9.10. The average molecular weight is 323 g/mol. The molecule has 104 valence electrons. The largest absolute Gasteiger partial charge is 0.329 e. The minimum absolute atomic E-state index is 0.289. The molecule has 0 aromatic heterocycles. The minimum atomic E-state index is 0.289. The van der Waals surface area contributed by atoms with E-state index < -0.39 is 0 Å². The summed E-state index contributed by atoms with van der Waals surface area (Å²) in [5.74, 6) is 2.91. The van der Waals surface area contributed by atoms with E-state index in [9.17, 15) is 0 Å².